The molecule has 104 valence electrons. The van der Waals surface area contributed by atoms with E-state index in [1.807, 2.05) is 26.0 Å². The van der Waals surface area contributed by atoms with Crippen LogP contribution in [0.2, 0.25) is 0 Å². The van der Waals surface area contributed by atoms with Crippen molar-refractivity contribution in [2.24, 2.45) is 5.92 Å². The maximum absolute atomic E-state index is 11.9. The fourth-order valence-corrected chi connectivity index (χ4v) is 1.49. The Bertz CT molecular complexity index is 444. The highest BCUT2D eigenvalue weighted by molar-refractivity contribution is 5.94. The SMILES string of the molecule is CNC(=O)NCc1cccc(C(=O)NCC(C)C)c1. The van der Waals surface area contributed by atoms with Crippen LogP contribution in [0.3, 0.4) is 0 Å². The molecule has 0 radical (unpaired) electrons. The molecule has 1 aromatic rings. The molecule has 19 heavy (non-hydrogen) atoms. The molecule has 5 heteroatoms. The van der Waals surface area contributed by atoms with Gasteiger partial charge in [-0.15, -0.1) is 0 Å². The van der Waals surface area contributed by atoms with Gasteiger partial charge in [0.25, 0.3) is 5.91 Å². The molecule has 0 aliphatic rings. The van der Waals surface area contributed by atoms with Crippen LogP contribution in [0.25, 0.3) is 0 Å². The molecule has 0 heterocycles. The van der Waals surface area contributed by atoms with Gasteiger partial charge in [-0.1, -0.05) is 26.0 Å². The van der Waals surface area contributed by atoms with Crippen molar-refractivity contribution in [2.75, 3.05) is 13.6 Å². The minimum atomic E-state index is -0.241. The summed E-state index contributed by atoms with van der Waals surface area (Å²) in [5.74, 6) is 0.331. The maximum Gasteiger partial charge on any atom is 0.314 e. The second-order valence-corrected chi connectivity index (χ2v) is 4.74. The van der Waals surface area contributed by atoms with E-state index in [1.165, 1.54) is 0 Å². The van der Waals surface area contributed by atoms with Gasteiger partial charge >= 0.3 is 6.03 Å². The molecule has 0 aromatic heterocycles. The van der Waals surface area contributed by atoms with Crippen molar-refractivity contribution in [2.45, 2.75) is 20.4 Å². The average Bonchev–Trinajstić information content (AvgIpc) is 2.42. The number of benzene rings is 1. The minimum absolute atomic E-state index is 0.0875. The topological polar surface area (TPSA) is 70.2 Å². The van der Waals surface area contributed by atoms with Gasteiger partial charge in [-0.25, -0.2) is 4.79 Å². The Balaban J connectivity index is 2.60. The molecule has 0 spiro atoms. The highest BCUT2D eigenvalue weighted by Crippen LogP contribution is 2.05. The van der Waals surface area contributed by atoms with Crippen LogP contribution < -0.4 is 16.0 Å². The Morgan fingerprint density at radius 2 is 1.95 bits per heavy atom. The lowest BCUT2D eigenvalue weighted by molar-refractivity contribution is 0.0949. The van der Waals surface area contributed by atoms with Gasteiger partial charge in [-0.05, 0) is 23.6 Å². The Morgan fingerprint density at radius 1 is 1.21 bits per heavy atom. The first-order chi connectivity index (χ1) is 9.02. The van der Waals surface area contributed by atoms with Gasteiger partial charge in [-0.2, -0.15) is 0 Å². The first-order valence-corrected chi connectivity index (χ1v) is 6.35. The Labute approximate surface area is 113 Å². The van der Waals surface area contributed by atoms with Crippen molar-refractivity contribution in [3.05, 3.63) is 35.4 Å². The number of carbonyl (C=O) groups excluding carboxylic acids is 2. The molecule has 0 atom stereocenters. The normalized spacial score (nSPS) is 10.1. The van der Waals surface area contributed by atoms with E-state index < -0.39 is 0 Å². The molecular weight excluding hydrogens is 242 g/mol. The molecular formula is C14H21N3O2. The zero-order chi connectivity index (χ0) is 14.3. The van der Waals surface area contributed by atoms with Crippen LogP contribution >= 0.6 is 0 Å². The molecule has 5 nitrogen and oxygen atoms in total. The average molecular weight is 263 g/mol. The lowest BCUT2D eigenvalue weighted by Crippen LogP contribution is -2.32. The van der Waals surface area contributed by atoms with Gasteiger partial charge in [0.2, 0.25) is 0 Å². The third kappa shape index (κ3) is 5.42. The lowest BCUT2D eigenvalue weighted by atomic mass is 10.1. The van der Waals surface area contributed by atoms with Crippen LogP contribution in [0, 0.1) is 5.92 Å². The van der Waals surface area contributed by atoms with Crippen LogP contribution in [-0.4, -0.2) is 25.5 Å². The zero-order valence-corrected chi connectivity index (χ0v) is 11.6. The number of hydrogen-bond acceptors (Lipinski definition) is 2. The Kier molecular flexibility index (Phi) is 5.85. The van der Waals surface area contributed by atoms with E-state index in [4.69, 9.17) is 0 Å². The smallest absolute Gasteiger partial charge is 0.314 e. The monoisotopic (exact) mass is 263 g/mol. The quantitative estimate of drug-likeness (QED) is 0.753. The minimum Gasteiger partial charge on any atom is -0.352 e. The van der Waals surface area contributed by atoms with Crippen LogP contribution in [0.1, 0.15) is 29.8 Å². The van der Waals surface area contributed by atoms with E-state index in [0.29, 0.717) is 24.6 Å². The summed E-state index contributed by atoms with van der Waals surface area (Å²) in [5, 5.41) is 8.02. The van der Waals surface area contributed by atoms with Crippen LogP contribution in [0.15, 0.2) is 24.3 Å². The van der Waals surface area contributed by atoms with Crippen molar-refractivity contribution >= 4 is 11.9 Å². The van der Waals surface area contributed by atoms with E-state index in [-0.39, 0.29) is 11.9 Å². The van der Waals surface area contributed by atoms with Crippen LogP contribution in [0.4, 0.5) is 4.79 Å². The predicted molar refractivity (Wildman–Crippen MR) is 74.9 cm³/mol. The number of hydrogen-bond donors (Lipinski definition) is 3. The number of nitrogens with one attached hydrogen (secondary N) is 3. The predicted octanol–water partition coefficient (Wildman–Crippen LogP) is 1.50. The number of amides is 3. The van der Waals surface area contributed by atoms with Crippen molar-refractivity contribution in [1.29, 1.82) is 0 Å². The largest absolute Gasteiger partial charge is 0.352 e. The van der Waals surface area contributed by atoms with Crippen LogP contribution in [0.5, 0.6) is 0 Å². The number of urea groups is 1. The molecule has 1 rings (SSSR count). The second-order valence-electron chi connectivity index (χ2n) is 4.74. The molecule has 3 amide bonds. The molecule has 3 N–H and O–H groups in total. The van der Waals surface area contributed by atoms with Gasteiger partial charge < -0.3 is 16.0 Å². The molecule has 0 aliphatic carbocycles. The summed E-state index contributed by atoms with van der Waals surface area (Å²) >= 11 is 0. The number of carbonyl (C=O) groups is 2. The molecule has 0 saturated carbocycles. The zero-order valence-electron chi connectivity index (χ0n) is 11.6. The fraction of sp³-hybridized carbons (Fsp3) is 0.429. The van der Waals surface area contributed by atoms with Crippen LogP contribution in [-0.2, 0) is 6.54 Å². The van der Waals surface area contributed by atoms with Crippen molar-refractivity contribution in [3.63, 3.8) is 0 Å². The molecule has 0 fully saturated rings. The van der Waals surface area contributed by atoms with Gasteiger partial charge in [0.05, 0.1) is 0 Å². The summed E-state index contributed by atoms with van der Waals surface area (Å²) in [6, 6.07) is 6.99. The first-order valence-electron chi connectivity index (χ1n) is 6.35. The maximum atomic E-state index is 11.9. The van der Waals surface area contributed by atoms with Gasteiger partial charge in [0.15, 0.2) is 0 Å². The highest BCUT2D eigenvalue weighted by Gasteiger charge is 2.07. The van der Waals surface area contributed by atoms with Gasteiger partial charge in [0.1, 0.15) is 0 Å². The Morgan fingerprint density at radius 3 is 2.58 bits per heavy atom. The molecule has 0 aliphatic heterocycles. The standard InChI is InChI=1S/C14H21N3O2/c1-10(2)8-16-13(18)12-6-4-5-11(7-12)9-17-14(19)15-3/h4-7,10H,8-9H2,1-3H3,(H,16,18)(H2,15,17,19). The van der Waals surface area contributed by atoms with E-state index >= 15 is 0 Å². The summed E-state index contributed by atoms with van der Waals surface area (Å²) in [7, 11) is 1.56. The fourth-order valence-electron chi connectivity index (χ4n) is 1.49. The van der Waals surface area contributed by atoms with Gasteiger partial charge in [0, 0.05) is 25.7 Å². The summed E-state index contributed by atoms with van der Waals surface area (Å²) in [4.78, 5) is 23.0. The van der Waals surface area contributed by atoms with Crippen molar-refractivity contribution in [1.82, 2.24) is 16.0 Å². The lowest BCUT2D eigenvalue weighted by Gasteiger charge is -2.09. The molecule has 1 aromatic carbocycles. The molecule has 0 saturated heterocycles. The Hall–Kier alpha value is -2.04. The second kappa shape index (κ2) is 7.41. The highest BCUT2D eigenvalue weighted by atomic mass is 16.2. The van der Waals surface area contributed by atoms with E-state index in [9.17, 15) is 9.59 Å². The van der Waals surface area contributed by atoms with E-state index in [1.54, 1.807) is 19.2 Å². The van der Waals surface area contributed by atoms with E-state index in [0.717, 1.165) is 5.56 Å². The summed E-state index contributed by atoms with van der Waals surface area (Å²) in [6.07, 6.45) is 0. The van der Waals surface area contributed by atoms with E-state index in [2.05, 4.69) is 16.0 Å². The summed E-state index contributed by atoms with van der Waals surface area (Å²) < 4.78 is 0. The van der Waals surface area contributed by atoms with Crippen molar-refractivity contribution in [3.8, 4) is 0 Å². The third-order valence-corrected chi connectivity index (χ3v) is 2.54. The third-order valence-electron chi connectivity index (χ3n) is 2.54. The molecule has 0 unspecified atom stereocenters. The summed E-state index contributed by atoms with van der Waals surface area (Å²) in [6.45, 7) is 5.14. The number of rotatable bonds is 5. The molecule has 0 bridgehead atoms. The first kappa shape index (κ1) is 15.0. The summed E-state index contributed by atoms with van der Waals surface area (Å²) in [5.41, 5.74) is 1.50. The van der Waals surface area contributed by atoms with Crippen molar-refractivity contribution < 1.29 is 9.59 Å². The van der Waals surface area contributed by atoms with Gasteiger partial charge in [-0.3, -0.25) is 4.79 Å².